The number of rotatable bonds is 5. The fourth-order valence-electron chi connectivity index (χ4n) is 3.72. The predicted octanol–water partition coefficient (Wildman–Crippen LogP) is 4.01. The maximum absolute atomic E-state index is 9.55. The molecule has 0 unspecified atom stereocenters. The van der Waals surface area contributed by atoms with Crippen LogP contribution in [-0.2, 0) is 16.1 Å². The molecule has 1 aromatic carbocycles. The Bertz CT molecular complexity index is 934. The van der Waals surface area contributed by atoms with E-state index in [0.29, 0.717) is 18.3 Å². The van der Waals surface area contributed by atoms with E-state index in [-0.39, 0.29) is 0 Å². The molecule has 2 aromatic rings. The van der Waals surface area contributed by atoms with Gasteiger partial charge in [0.05, 0.1) is 24.1 Å². The summed E-state index contributed by atoms with van der Waals surface area (Å²) in [4.78, 5) is 23.6. The van der Waals surface area contributed by atoms with Crippen LogP contribution >= 0.6 is 0 Å². The zero-order valence-electron chi connectivity index (χ0n) is 17.0. The number of hydrogen-bond donors (Lipinski definition) is 2. The summed E-state index contributed by atoms with van der Waals surface area (Å²) < 4.78 is 8.42. The Hall–Kier alpha value is -3.35. The molecule has 1 aliphatic heterocycles. The van der Waals surface area contributed by atoms with Crippen molar-refractivity contribution in [2.45, 2.75) is 45.3 Å². The number of aliphatic carboxylic acids is 2. The molecule has 1 fully saturated rings. The lowest BCUT2D eigenvalue weighted by Gasteiger charge is -2.17. The van der Waals surface area contributed by atoms with Crippen LogP contribution in [0.25, 0.3) is 11.3 Å². The topological polar surface area (TPSA) is 101 Å². The lowest BCUT2D eigenvalue weighted by molar-refractivity contribution is -0.134. The average molecular weight is 410 g/mol. The molecule has 7 nitrogen and oxygen atoms in total. The molecule has 1 aliphatic carbocycles. The third-order valence-corrected chi connectivity index (χ3v) is 5.15. The van der Waals surface area contributed by atoms with E-state index in [9.17, 15) is 9.59 Å². The van der Waals surface area contributed by atoms with E-state index in [1.807, 2.05) is 0 Å². The van der Waals surface area contributed by atoms with Crippen molar-refractivity contribution < 1.29 is 24.5 Å². The minimum absolute atomic E-state index is 0.422. The van der Waals surface area contributed by atoms with Crippen molar-refractivity contribution >= 4 is 17.7 Å². The molecule has 7 heteroatoms. The Labute approximate surface area is 175 Å². The van der Waals surface area contributed by atoms with E-state index >= 15 is 0 Å². The van der Waals surface area contributed by atoms with Crippen LogP contribution in [-0.4, -0.2) is 45.1 Å². The van der Waals surface area contributed by atoms with Crippen molar-refractivity contribution in [1.82, 2.24) is 4.57 Å². The van der Waals surface area contributed by atoms with Gasteiger partial charge in [-0.2, -0.15) is 0 Å². The van der Waals surface area contributed by atoms with Crippen LogP contribution in [0.4, 0.5) is 0 Å². The maximum Gasteiger partial charge on any atom is 0.328 e. The second-order valence-corrected chi connectivity index (χ2v) is 7.28. The molecule has 30 heavy (non-hydrogen) atoms. The first-order valence-corrected chi connectivity index (χ1v) is 10.1. The van der Waals surface area contributed by atoms with E-state index in [1.165, 1.54) is 42.6 Å². The van der Waals surface area contributed by atoms with Gasteiger partial charge < -0.3 is 19.5 Å². The smallest absolute Gasteiger partial charge is 0.328 e. The van der Waals surface area contributed by atoms with E-state index < -0.39 is 11.9 Å². The van der Waals surface area contributed by atoms with E-state index in [4.69, 9.17) is 14.9 Å². The summed E-state index contributed by atoms with van der Waals surface area (Å²) in [5.41, 5.74) is 4.91. The van der Waals surface area contributed by atoms with Gasteiger partial charge in [0.1, 0.15) is 5.75 Å². The molecule has 0 saturated heterocycles. The molecule has 0 amide bonds. The van der Waals surface area contributed by atoms with Gasteiger partial charge in [-0.25, -0.2) is 9.59 Å². The number of aliphatic imine (C=N–C) groups is 1. The molecule has 0 atom stereocenters. The number of carbonyl (C=O) groups is 2. The van der Waals surface area contributed by atoms with E-state index in [0.717, 1.165) is 24.6 Å². The number of benzene rings is 1. The molecule has 0 spiro atoms. The molecule has 2 N–H and O–H groups in total. The lowest BCUT2D eigenvalue weighted by Crippen LogP contribution is -2.16. The van der Waals surface area contributed by atoms with Crippen LogP contribution in [0.1, 0.15) is 38.3 Å². The third kappa shape index (κ3) is 5.59. The van der Waals surface area contributed by atoms with Crippen molar-refractivity contribution in [3.8, 4) is 17.0 Å². The molecule has 2 aliphatic rings. The van der Waals surface area contributed by atoms with Crippen molar-refractivity contribution in [2.75, 3.05) is 6.54 Å². The maximum atomic E-state index is 9.55. The Morgan fingerprint density at radius 1 is 1.00 bits per heavy atom. The largest absolute Gasteiger partial charge is 0.490 e. The molecule has 0 bridgehead atoms. The predicted molar refractivity (Wildman–Crippen MR) is 114 cm³/mol. The first kappa shape index (κ1) is 21.4. The Morgan fingerprint density at radius 2 is 1.60 bits per heavy atom. The molecule has 0 radical (unpaired) electrons. The average Bonchev–Trinajstić information content (AvgIpc) is 3.38. The Kier molecular flexibility index (Phi) is 7.06. The number of fused-ring (bicyclic) bond motifs is 1. The fourth-order valence-corrected chi connectivity index (χ4v) is 3.72. The summed E-state index contributed by atoms with van der Waals surface area (Å²) in [7, 11) is 0. The molecule has 1 saturated carbocycles. The van der Waals surface area contributed by atoms with Gasteiger partial charge >= 0.3 is 11.9 Å². The van der Waals surface area contributed by atoms with Gasteiger partial charge in [-0.15, -0.1) is 0 Å². The first-order chi connectivity index (χ1) is 14.4. The van der Waals surface area contributed by atoms with Gasteiger partial charge in [0.15, 0.2) is 0 Å². The fraction of sp³-hybridized carbons (Fsp3) is 0.348. The second kappa shape index (κ2) is 9.91. The monoisotopic (exact) mass is 410 g/mol. The summed E-state index contributed by atoms with van der Waals surface area (Å²) in [6, 6.07) is 12.9. The van der Waals surface area contributed by atoms with Gasteiger partial charge in [-0.3, -0.25) is 4.99 Å². The highest BCUT2D eigenvalue weighted by Gasteiger charge is 2.17. The molecule has 158 valence electrons. The normalized spacial score (nSPS) is 15.8. The van der Waals surface area contributed by atoms with Crippen molar-refractivity contribution in [2.24, 2.45) is 4.99 Å². The summed E-state index contributed by atoms with van der Waals surface area (Å²) in [6.45, 7) is 3.94. The SMILES string of the molecule is CC1=NCCn2c1ccc2-c1ccc(OC2CCCC2)cc1.O=C(O)/C=C/C(=O)O. The van der Waals surface area contributed by atoms with Crippen LogP contribution in [0.2, 0.25) is 0 Å². The van der Waals surface area contributed by atoms with Gasteiger partial charge in [0.25, 0.3) is 0 Å². The highest BCUT2D eigenvalue weighted by molar-refractivity contribution is 5.98. The number of ether oxygens (including phenoxy) is 1. The zero-order valence-corrected chi connectivity index (χ0v) is 17.0. The van der Waals surface area contributed by atoms with Crippen molar-refractivity contribution in [3.63, 3.8) is 0 Å². The molecular formula is C23H26N2O5. The van der Waals surface area contributed by atoms with Gasteiger partial charge in [0.2, 0.25) is 0 Å². The number of carboxylic acids is 2. The Balaban J connectivity index is 0.000000275. The number of hydrogen-bond acceptors (Lipinski definition) is 4. The van der Waals surface area contributed by atoms with E-state index in [1.54, 1.807) is 0 Å². The van der Waals surface area contributed by atoms with Gasteiger partial charge in [-0.1, -0.05) is 0 Å². The minimum atomic E-state index is -1.26. The van der Waals surface area contributed by atoms with Crippen molar-refractivity contribution in [1.29, 1.82) is 0 Å². The lowest BCUT2D eigenvalue weighted by atomic mass is 10.1. The highest BCUT2D eigenvalue weighted by atomic mass is 16.5. The molecule has 1 aromatic heterocycles. The van der Waals surface area contributed by atoms with E-state index in [2.05, 4.69) is 52.9 Å². The number of carboxylic acid groups (broad SMARTS) is 2. The summed E-state index contributed by atoms with van der Waals surface area (Å²) in [5.74, 6) is -1.52. The van der Waals surface area contributed by atoms with Gasteiger partial charge in [0, 0.05) is 24.4 Å². The van der Waals surface area contributed by atoms with Crippen LogP contribution in [0, 0.1) is 0 Å². The van der Waals surface area contributed by atoms with Crippen LogP contribution in [0.5, 0.6) is 5.75 Å². The quantitative estimate of drug-likeness (QED) is 0.725. The standard InChI is InChI=1S/C19H22N2O.C4H4O4/c1-14-18-10-11-19(21(18)13-12-20-14)15-6-8-17(9-7-15)22-16-4-2-3-5-16;5-3(6)1-2-4(7)8/h6-11,16H,2-5,12-13H2,1H3;1-2H,(H,5,6)(H,7,8)/b;2-1+. The summed E-state index contributed by atoms with van der Waals surface area (Å²) in [5, 5.41) is 15.6. The second-order valence-electron chi connectivity index (χ2n) is 7.28. The van der Waals surface area contributed by atoms with Gasteiger partial charge in [-0.05, 0) is 74.6 Å². The zero-order chi connectivity index (χ0) is 21.5. The van der Waals surface area contributed by atoms with Crippen LogP contribution in [0.15, 0.2) is 53.5 Å². The molecule has 4 rings (SSSR count). The summed E-state index contributed by atoms with van der Waals surface area (Å²) in [6.07, 6.45) is 6.55. The molecular weight excluding hydrogens is 384 g/mol. The van der Waals surface area contributed by atoms with Crippen LogP contribution in [0.3, 0.4) is 0 Å². The summed E-state index contributed by atoms with van der Waals surface area (Å²) >= 11 is 0. The highest BCUT2D eigenvalue weighted by Crippen LogP contribution is 2.28. The minimum Gasteiger partial charge on any atom is -0.490 e. The van der Waals surface area contributed by atoms with Crippen molar-refractivity contribution in [3.05, 3.63) is 54.2 Å². The number of aromatic nitrogens is 1. The first-order valence-electron chi connectivity index (χ1n) is 10.1. The molecule has 2 heterocycles. The number of nitrogens with zero attached hydrogens (tertiary/aromatic N) is 2. The van der Waals surface area contributed by atoms with Crippen LogP contribution < -0.4 is 4.74 Å². The third-order valence-electron chi connectivity index (χ3n) is 5.15. The Morgan fingerprint density at radius 3 is 2.20 bits per heavy atom.